The fourth-order valence-corrected chi connectivity index (χ4v) is 3.22. The summed E-state index contributed by atoms with van der Waals surface area (Å²) in [7, 11) is 0. The summed E-state index contributed by atoms with van der Waals surface area (Å²) < 4.78 is 6.69. The predicted molar refractivity (Wildman–Crippen MR) is 90.1 cm³/mol. The highest BCUT2D eigenvalue weighted by molar-refractivity contribution is 9.10. The zero-order chi connectivity index (χ0) is 13.7. The molecule has 1 fully saturated rings. The summed E-state index contributed by atoms with van der Waals surface area (Å²) in [5.41, 5.74) is 5.74. The van der Waals surface area contributed by atoms with Gasteiger partial charge in [-0.2, -0.15) is 0 Å². The molecule has 1 aliphatic heterocycles. The molecule has 0 saturated carbocycles. The van der Waals surface area contributed by atoms with Gasteiger partial charge in [0, 0.05) is 18.1 Å². The maximum Gasteiger partial charge on any atom is 0.133 e. The van der Waals surface area contributed by atoms with Crippen LogP contribution in [0.2, 0.25) is 5.02 Å². The molecule has 2 N–H and O–H groups in total. The lowest BCUT2D eigenvalue weighted by molar-refractivity contribution is 0.149. The molecule has 1 heterocycles. The summed E-state index contributed by atoms with van der Waals surface area (Å²) in [6.07, 6.45) is 2.50. The standard InChI is InChI=1S/C14H20BrClN2O.ClH/c15-13-8-12(16)3-4-14(13)19-7-6-18-5-1-2-11(9-17)10-18;/h3-4,8,11H,1-2,5-7,9-10,17H2;1H. The normalized spacial score (nSPS) is 19.4. The fraction of sp³-hybridized carbons (Fsp3) is 0.571. The smallest absolute Gasteiger partial charge is 0.133 e. The number of nitrogens with two attached hydrogens (primary N) is 1. The quantitative estimate of drug-likeness (QED) is 0.844. The summed E-state index contributed by atoms with van der Waals surface area (Å²) in [5, 5.41) is 0.709. The van der Waals surface area contributed by atoms with Crippen LogP contribution in [0.15, 0.2) is 22.7 Å². The van der Waals surface area contributed by atoms with Crippen molar-refractivity contribution in [3.63, 3.8) is 0 Å². The Bertz CT molecular complexity index is 420. The van der Waals surface area contributed by atoms with Crippen LogP contribution in [0.4, 0.5) is 0 Å². The number of benzene rings is 1. The summed E-state index contributed by atoms with van der Waals surface area (Å²) in [4.78, 5) is 2.44. The van der Waals surface area contributed by atoms with Gasteiger partial charge in [-0.25, -0.2) is 0 Å². The number of nitrogens with zero attached hydrogens (tertiary/aromatic N) is 1. The Morgan fingerprint density at radius 1 is 1.45 bits per heavy atom. The second kappa shape index (κ2) is 9.11. The van der Waals surface area contributed by atoms with Gasteiger partial charge in [0.05, 0.1) is 4.47 Å². The van der Waals surface area contributed by atoms with E-state index in [0.717, 1.165) is 36.4 Å². The zero-order valence-electron chi connectivity index (χ0n) is 11.4. The van der Waals surface area contributed by atoms with Crippen molar-refractivity contribution in [2.45, 2.75) is 12.8 Å². The predicted octanol–water partition coefficient (Wildman–Crippen LogP) is 3.57. The Balaban J connectivity index is 0.00000200. The van der Waals surface area contributed by atoms with E-state index in [9.17, 15) is 0 Å². The van der Waals surface area contributed by atoms with Crippen LogP contribution < -0.4 is 10.5 Å². The van der Waals surface area contributed by atoms with Crippen molar-refractivity contribution in [1.29, 1.82) is 0 Å². The van der Waals surface area contributed by atoms with Crippen LogP contribution in [-0.2, 0) is 0 Å². The minimum absolute atomic E-state index is 0. The van der Waals surface area contributed by atoms with Gasteiger partial charge < -0.3 is 10.5 Å². The SMILES string of the molecule is Cl.NCC1CCCN(CCOc2ccc(Cl)cc2Br)C1. The number of rotatable bonds is 5. The van der Waals surface area contributed by atoms with Crippen molar-refractivity contribution in [3.8, 4) is 5.75 Å². The first-order valence-electron chi connectivity index (χ1n) is 6.69. The van der Waals surface area contributed by atoms with Crippen LogP contribution in [-0.4, -0.2) is 37.7 Å². The molecule has 0 amide bonds. The molecule has 1 aromatic carbocycles. The highest BCUT2D eigenvalue weighted by atomic mass is 79.9. The van der Waals surface area contributed by atoms with Gasteiger partial charge in [0.2, 0.25) is 0 Å². The molecule has 1 saturated heterocycles. The van der Waals surface area contributed by atoms with Gasteiger partial charge in [-0.1, -0.05) is 11.6 Å². The Hall–Kier alpha value is -0.0000000000000000555. The zero-order valence-corrected chi connectivity index (χ0v) is 14.5. The molecule has 0 bridgehead atoms. The largest absolute Gasteiger partial charge is 0.491 e. The average Bonchev–Trinajstić information content (AvgIpc) is 2.41. The minimum atomic E-state index is 0. The van der Waals surface area contributed by atoms with Crippen molar-refractivity contribution < 1.29 is 4.74 Å². The second-order valence-corrected chi connectivity index (χ2v) is 6.26. The number of hydrogen-bond acceptors (Lipinski definition) is 3. The van der Waals surface area contributed by atoms with E-state index < -0.39 is 0 Å². The molecular weight excluding hydrogens is 363 g/mol. The maximum atomic E-state index is 5.90. The average molecular weight is 384 g/mol. The topological polar surface area (TPSA) is 38.5 Å². The molecule has 1 aromatic rings. The summed E-state index contributed by atoms with van der Waals surface area (Å²) in [5.74, 6) is 1.49. The van der Waals surface area contributed by atoms with E-state index in [1.165, 1.54) is 12.8 Å². The highest BCUT2D eigenvalue weighted by Gasteiger charge is 2.18. The Morgan fingerprint density at radius 3 is 2.95 bits per heavy atom. The van der Waals surface area contributed by atoms with Gasteiger partial charge >= 0.3 is 0 Å². The molecular formula is C14H21BrCl2N2O. The maximum absolute atomic E-state index is 5.90. The second-order valence-electron chi connectivity index (χ2n) is 4.97. The summed E-state index contributed by atoms with van der Waals surface area (Å²) in [6, 6.07) is 5.58. The number of hydrogen-bond donors (Lipinski definition) is 1. The van der Waals surface area contributed by atoms with Crippen LogP contribution in [0.25, 0.3) is 0 Å². The lowest BCUT2D eigenvalue weighted by atomic mass is 9.98. The molecule has 1 unspecified atom stereocenters. The molecule has 1 atom stereocenters. The van der Waals surface area contributed by atoms with E-state index in [1.54, 1.807) is 0 Å². The molecule has 6 heteroatoms. The third-order valence-corrected chi connectivity index (χ3v) is 4.35. The summed E-state index contributed by atoms with van der Waals surface area (Å²) in [6.45, 7) is 4.69. The number of halogens is 3. The van der Waals surface area contributed by atoms with Crippen LogP contribution in [0.5, 0.6) is 5.75 Å². The van der Waals surface area contributed by atoms with Crippen molar-refractivity contribution in [2.24, 2.45) is 11.7 Å². The van der Waals surface area contributed by atoms with Crippen molar-refractivity contribution >= 4 is 39.9 Å². The van der Waals surface area contributed by atoms with E-state index in [4.69, 9.17) is 22.1 Å². The first-order valence-corrected chi connectivity index (χ1v) is 7.86. The molecule has 0 aliphatic carbocycles. The van der Waals surface area contributed by atoms with E-state index in [0.29, 0.717) is 17.5 Å². The van der Waals surface area contributed by atoms with Crippen LogP contribution >= 0.6 is 39.9 Å². The van der Waals surface area contributed by atoms with E-state index in [1.807, 2.05) is 18.2 Å². The molecule has 0 radical (unpaired) electrons. The highest BCUT2D eigenvalue weighted by Crippen LogP contribution is 2.28. The van der Waals surface area contributed by atoms with Gasteiger partial charge in [-0.05, 0) is 66.0 Å². The Morgan fingerprint density at radius 2 is 2.25 bits per heavy atom. The molecule has 1 aliphatic rings. The monoisotopic (exact) mass is 382 g/mol. The molecule has 2 rings (SSSR count). The molecule has 20 heavy (non-hydrogen) atoms. The van der Waals surface area contributed by atoms with Gasteiger partial charge in [0.15, 0.2) is 0 Å². The van der Waals surface area contributed by atoms with Crippen LogP contribution in [0.1, 0.15) is 12.8 Å². The van der Waals surface area contributed by atoms with Crippen LogP contribution in [0.3, 0.4) is 0 Å². The number of ether oxygens (including phenoxy) is 1. The fourth-order valence-electron chi connectivity index (χ4n) is 2.42. The van der Waals surface area contributed by atoms with Crippen molar-refractivity contribution in [2.75, 3.05) is 32.8 Å². The number of piperidine rings is 1. The number of likely N-dealkylation sites (tertiary alicyclic amines) is 1. The van der Waals surface area contributed by atoms with E-state index in [-0.39, 0.29) is 12.4 Å². The van der Waals surface area contributed by atoms with Gasteiger partial charge in [-0.15, -0.1) is 12.4 Å². The molecule has 3 nitrogen and oxygen atoms in total. The lowest BCUT2D eigenvalue weighted by Gasteiger charge is -2.31. The third kappa shape index (κ3) is 5.41. The van der Waals surface area contributed by atoms with E-state index >= 15 is 0 Å². The molecule has 0 aromatic heterocycles. The van der Waals surface area contributed by atoms with Crippen molar-refractivity contribution in [1.82, 2.24) is 4.90 Å². The molecule has 0 spiro atoms. The first kappa shape index (κ1) is 18.1. The van der Waals surface area contributed by atoms with Crippen molar-refractivity contribution in [3.05, 3.63) is 27.7 Å². The summed E-state index contributed by atoms with van der Waals surface area (Å²) >= 11 is 9.35. The minimum Gasteiger partial charge on any atom is -0.491 e. The van der Waals surface area contributed by atoms with Gasteiger partial charge in [-0.3, -0.25) is 4.90 Å². The lowest BCUT2D eigenvalue weighted by Crippen LogP contribution is -2.40. The van der Waals surface area contributed by atoms with E-state index in [2.05, 4.69) is 20.8 Å². The van der Waals surface area contributed by atoms with Crippen LogP contribution in [0, 0.1) is 5.92 Å². The Labute approximate surface area is 140 Å². The first-order chi connectivity index (χ1) is 9.19. The van der Waals surface area contributed by atoms with Gasteiger partial charge in [0.25, 0.3) is 0 Å². The molecule has 114 valence electrons. The third-order valence-electron chi connectivity index (χ3n) is 3.50. The van der Waals surface area contributed by atoms with Gasteiger partial charge in [0.1, 0.15) is 12.4 Å². The Kier molecular flexibility index (Phi) is 8.22.